The first-order valence-corrected chi connectivity index (χ1v) is 11.3. The number of hydrogen-bond acceptors (Lipinski definition) is 4. The van der Waals surface area contributed by atoms with Crippen molar-refractivity contribution in [1.29, 1.82) is 0 Å². The molecule has 1 amide bonds. The second-order valence-electron chi connectivity index (χ2n) is 8.78. The molecule has 2 aromatic heterocycles. The van der Waals surface area contributed by atoms with Crippen LogP contribution in [-0.4, -0.2) is 12.1 Å². The van der Waals surface area contributed by atoms with Gasteiger partial charge in [0, 0.05) is 11.1 Å². The van der Waals surface area contributed by atoms with E-state index in [2.05, 4.69) is 50.4 Å². The predicted octanol–water partition coefficient (Wildman–Crippen LogP) is 6.20. The minimum Gasteiger partial charge on any atom is -0.467 e. The molecule has 0 fully saturated rings. The smallest absolute Gasteiger partial charge is 0.255 e. The van der Waals surface area contributed by atoms with Gasteiger partial charge in [0.25, 0.3) is 5.91 Å². The van der Waals surface area contributed by atoms with E-state index >= 15 is 0 Å². The van der Waals surface area contributed by atoms with Crippen molar-refractivity contribution in [2.24, 2.45) is 4.99 Å². The van der Waals surface area contributed by atoms with Crippen molar-refractivity contribution in [1.82, 2.24) is 5.32 Å². The minimum atomic E-state index is -0.0685. The third kappa shape index (κ3) is 4.57. The fraction of sp³-hybridized carbons (Fsp3) is 0.360. The molecule has 4 rings (SSSR count). The van der Waals surface area contributed by atoms with E-state index in [0.717, 1.165) is 41.2 Å². The topological polar surface area (TPSA) is 54.6 Å². The summed E-state index contributed by atoms with van der Waals surface area (Å²) < 4.78 is 5.34. The lowest BCUT2D eigenvalue weighted by Gasteiger charge is -2.18. The second-order valence-corrected chi connectivity index (χ2v) is 9.87. The molecule has 0 saturated heterocycles. The lowest BCUT2D eigenvalue weighted by molar-refractivity contribution is 0.0948. The Morgan fingerprint density at radius 3 is 2.63 bits per heavy atom. The Balaban J connectivity index is 1.58. The quantitative estimate of drug-likeness (QED) is 0.500. The molecule has 0 saturated carbocycles. The van der Waals surface area contributed by atoms with Crippen LogP contribution in [0.4, 0.5) is 5.00 Å². The van der Waals surface area contributed by atoms with E-state index in [4.69, 9.17) is 9.41 Å². The number of amides is 1. The van der Waals surface area contributed by atoms with Crippen LogP contribution < -0.4 is 5.32 Å². The van der Waals surface area contributed by atoms with Gasteiger partial charge in [-0.25, -0.2) is 4.99 Å². The first-order chi connectivity index (χ1) is 14.4. The van der Waals surface area contributed by atoms with E-state index in [1.807, 2.05) is 18.3 Å². The molecule has 1 aliphatic rings. The number of carbonyl (C=O) groups is 1. The highest BCUT2D eigenvalue weighted by atomic mass is 32.1. The molecule has 0 unspecified atom stereocenters. The van der Waals surface area contributed by atoms with Gasteiger partial charge in [0.05, 0.1) is 18.4 Å². The van der Waals surface area contributed by atoms with E-state index in [-0.39, 0.29) is 11.3 Å². The van der Waals surface area contributed by atoms with Crippen LogP contribution in [0.1, 0.15) is 71.3 Å². The fourth-order valence-corrected chi connectivity index (χ4v) is 4.98. The molecule has 1 N–H and O–H groups in total. The molecule has 3 aromatic rings. The molecule has 0 atom stereocenters. The highest BCUT2D eigenvalue weighted by molar-refractivity contribution is 7.16. The number of aryl methyl sites for hydroxylation is 1. The van der Waals surface area contributed by atoms with Crippen LogP contribution in [0.3, 0.4) is 0 Å². The molecule has 1 aliphatic carbocycles. The van der Waals surface area contributed by atoms with Crippen LogP contribution >= 0.6 is 11.3 Å². The minimum absolute atomic E-state index is 0.0685. The monoisotopic (exact) mass is 420 g/mol. The highest BCUT2D eigenvalue weighted by Crippen LogP contribution is 2.40. The number of nitrogens with one attached hydrogen (secondary N) is 1. The lowest BCUT2D eigenvalue weighted by Crippen LogP contribution is -2.23. The van der Waals surface area contributed by atoms with Crippen LogP contribution in [0.15, 0.2) is 52.1 Å². The Kier molecular flexibility index (Phi) is 5.91. The maximum Gasteiger partial charge on any atom is 0.255 e. The number of aliphatic imine (C=N–C) groups is 1. The zero-order valence-corrected chi connectivity index (χ0v) is 18.6. The largest absolute Gasteiger partial charge is 0.467 e. The van der Waals surface area contributed by atoms with Crippen molar-refractivity contribution in [3.63, 3.8) is 0 Å². The van der Waals surface area contributed by atoms with Crippen molar-refractivity contribution in [2.45, 2.75) is 58.4 Å². The second kappa shape index (κ2) is 8.60. The molecule has 0 radical (unpaired) electrons. The van der Waals surface area contributed by atoms with Gasteiger partial charge in [-0.05, 0) is 59.9 Å². The summed E-state index contributed by atoms with van der Waals surface area (Å²) in [4.78, 5) is 19.1. The van der Waals surface area contributed by atoms with Gasteiger partial charge in [-0.15, -0.1) is 11.3 Å². The Morgan fingerprint density at radius 1 is 1.17 bits per heavy atom. The first kappa shape index (κ1) is 20.6. The molecule has 4 nitrogen and oxygen atoms in total. The molecule has 0 aliphatic heterocycles. The van der Waals surface area contributed by atoms with E-state index in [1.165, 1.54) is 22.4 Å². The third-order valence-electron chi connectivity index (χ3n) is 5.49. The van der Waals surface area contributed by atoms with E-state index in [9.17, 15) is 4.79 Å². The van der Waals surface area contributed by atoms with Gasteiger partial charge in [-0.2, -0.15) is 0 Å². The average Bonchev–Trinajstić information content (AvgIpc) is 3.37. The number of furan rings is 1. The summed E-state index contributed by atoms with van der Waals surface area (Å²) in [6, 6.07) is 12.2. The van der Waals surface area contributed by atoms with Gasteiger partial charge < -0.3 is 9.73 Å². The maximum atomic E-state index is 13.0. The van der Waals surface area contributed by atoms with Crippen LogP contribution in [-0.2, 0) is 24.8 Å². The Labute approximate surface area is 182 Å². The summed E-state index contributed by atoms with van der Waals surface area (Å²) in [7, 11) is 0. The molecule has 30 heavy (non-hydrogen) atoms. The number of nitrogens with zero attached hydrogens (tertiary/aromatic N) is 1. The van der Waals surface area contributed by atoms with Gasteiger partial charge in [-0.1, -0.05) is 45.0 Å². The maximum absolute atomic E-state index is 13.0. The number of hydrogen-bond donors (Lipinski definition) is 1. The fourth-order valence-electron chi connectivity index (χ4n) is 3.75. The highest BCUT2D eigenvalue weighted by Gasteiger charge is 2.25. The summed E-state index contributed by atoms with van der Waals surface area (Å²) in [5, 5.41) is 3.80. The normalized spacial score (nSPS) is 14.1. The lowest BCUT2D eigenvalue weighted by atomic mass is 9.87. The number of carbonyl (C=O) groups excluding carboxylic acids is 1. The number of fused-ring (bicyclic) bond motifs is 1. The summed E-state index contributed by atoms with van der Waals surface area (Å²) in [5.41, 5.74) is 4.38. The van der Waals surface area contributed by atoms with Crippen molar-refractivity contribution in [3.8, 4) is 0 Å². The van der Waals surface area contributed by atoms with Crippen LogP contribution in [0.2, 0.25) is 0 Å². The van der Waals surface area contributed by atoms with E-state index in [0.29, 0.717) is 6.54 Å². The Morgan fingerprint density at radius 2 is 1.93 bits per heavy atom. The molecule has 1 aromatic carbocycles. The average molecular weight is 421 g/mol. The third-order valence-corrected chi connectivity index (χ3v) is 6.69. The summed E-state index contributed by atoms with van der Waals surface area (Å²) in [6.07, 6.45) is 7.78. The standard InChI is InChI=1S/C25H28N2O2S/c1-25(2,3)18-12-10-17(11-13-18)15-27-24-22(20-8-4-5-9-21(20)30-24)23(28)26-16-19-7-6-14-29-19/h6-7,10-15H,4-5,8-9,16H2,1-3H3,(H,26,28). The molecule has 2 heterocycles. The van der Waals surface area contributed by atoms with Crippen molar-refractivity contribution >= 4 is 28.5 Å². The molecule has 0 bridgehead atoms. The van der Waals surface area contributed by atoms with Crippen LogP contribution in [0.5, 0.6) is 0 Å². The molecule has 156 valence electrons. The first-order valence-electron chi connectivity index (χ1n) is 10.5. The van der Waals surface area contributed by atoms with Gasteiger partial charge in [0.2, 0.25) is 0 Å². The zero-order chi connectivity index (χ0) is 21.1. The summed E-state index contributed by atoms with van der Waals surface area (Å²) in [5.74, 6) is 0.678. The Hall–Kier alpha value is -2.66. The van der Waals surface area contributed by atoms with Crippen LogP contribution in [0, 0.1) is 0 Å². The van der Waals surface area contributed by atoms with Gasteiger partial charge in [0.15, 0.2) is 0 Å². The Bertz CT molecular complexity index is 1040. The SMILES string of the molecule is CC(C)(C)c1ccc(C=Nc2sc3c(c2C(=O)NCc2ccco2)CCCC3)cc1. The summed E-state index contributed by atoms with van der Waals surface area (Å²) >= 11 is 1.66. The molecule has 5 heteroatoms. The zero-order valence-electron chi connectivity index (χ0n) is 17.8. The number of rotatable bonds is 5. The van der Waals surface area contributed by atoms with Gasteiger partial charge >= 0.3 is 0 Å². The van der Waals surface area contributed by atoms with Gasteiger partial charge in [-0.3, -0.25) is 4.79 Å². The molecular weight excluding hydrogens is 392 g/mol. The van der Waals surface area contributed by atoms with E-state index < -0.39 is 0 Å². The van der Waals surface area contributed by atoms with Crippen molar-refractivity contribution in [2.75, 3.05) is 0 Å². The number of thiophene rings is 1. The van der Waals surface area contributed by atoms with Gasteiger partial charge in [0.1, 0.15) is 10.8 Å². The van der Waals surface area contributed by atoms with E-state index in [1.54, 1.807) is 17.6 Å². The molecular formula is C25H28N2O2S. The number of benzene rings is 1. The summed E-state index contributed by atoms with van der Waals surface area (Å²) in [6.45, 7) is 7.01. The predicted molar refractivity (Wildman–Crippen MR) is 123 cm³/mol. The molecule has 0 spiro atoms. The van der Waals surface area contributed by atoms with Crippen molar-refractivity contribution < 1.29 is 9.21 Å². The van der Waals surface area contributed by atoms with Crippen LogP contribution in [0.25, 0.3) is 0 Å². The van der Waals surface area contributed by atoms with Crippen molar-refractivity contribution in [3.05, 3.63) is 75.6 Å².